The number of fused-ring (bicyclic) bond motifs is 1. The van der Waals surface area contributed by atoms with E-state index < -0.39 is 16.8 Å². The molecule has 2 fully saturated rings. The van der Waals surface area contributed by atoms with Gasteiger partial charge in [0, 0.05) is 4.75 Å². The number of nitrogens with zero attached hydrogens (tertiary/aromatic N) is 1. The Morgan fingerprint density at radius 1 is 1.47 bits per heavy atom. The molecule has 0 saturated carbocycles. The lowest BCUT2D eigenvalue weighted by Crippen LogP contribution is -2.61. The van der Waals surface area contributed by atoms with Gasteiger partial charge in [-0.3, -0.25) is 9.59 Å². The minimum atomic E-state index is -1.25. The van der Waals surface area contributed by atoms with Crippen LogP contribution in [0.3, 0.4) is 0 Å². The topological polar surface area (TPSA) is 77.5 Å². The molecule has 5 nitrogen and oxygen atoms in total. The van der Waals surface area contributed by atoms with Crippen LogP contribution in [0.25, 0.3) is 0 Å². The van der Waals surface area contributed by atoms with Crippen LogP contribution >= 0.6 is 11.8 Å². The number of carbonyl (C=O) groups excluding carboxylic acids is 3. The summed E-state index contributed by atoms with van der Waals surface area (Å²) < 4.78 is -0.606. The summed E-state index contributed by atoms with van der Waals surface area (Å²) >= 11 is 1.37. The summed E-state index contributed by atoms with van der Waals surface area (Å²) in [6.45, 7) is 4.88. The molecule has 2 rings (SSSR count). The summed E-state index contributed by atoms with van der Waals surface area (Å²) in [5, 5.41) is 10.7. The van der Waals surface area contributed by atoms with Gasteiger partial charge in [-0.05, 0) is 26.8 Å². The summed E-state index contributed by atoms with van der Waals surface area (Å²) in [4.78, 5) is 35.1. The molecule has 2 aliphatic heterocycles. The average molecular weight is 254 g/mol. The highest BCUT2D eigenvalue weighted by molar-refractivity contribution is 8.01. The number of allylic oxidation sites excluding steroid dienone is 1. The number of β-lactam (4-membered cyclic amide) rings is 1. The Balaban J connectivity index is 2.34. The van der Waals surface area contributed by atoms with E-state index in [9.17, 15) is 19.5 Å². The van der Waals surface area contributed by atoms with Gasteiger partial charge in [-0.15, -0.1) is 11.8 Å². The second kappa shape index (κ2) is 3.60. The molecule has 0 aromatic rings. The standard InChI is InChI=1S/C11H13NO4S/c1-5(13)4-6-8(14)12-7(10(15)16)11(2,3)17-9(6)12/h4,7,9H,1-3H3,(H,15,16)/p-1/b6-4+/t7-,9+/m0/s1. The van der Waals surface area contributed by atoms with Gasteiger partial charge in [-0.25, -0.2) is 0 Å². The zero-order valence-electron chi connectivity index (χ0n) is 9.72. The van der Waals surface area contributed by atoms with E-state index in [2.05, 4.69) is 0 Å². The minimum absolute atomic E-state index is 0.205. The van der Waals surface area contributed by atoms with Crippen LogP contribution < -0.4 is 5.11 Å². The summed E-state index contributed by atoms with van der Waals surface area (Å²) in [7, 11) is 0. The van der Waals surface area contributed by atoms with E-state index in [4.69, 9.17) is 0 Å². The molecular formula is C11H12NO4S-. The number of ketones is 1. The lowest BCUT2D eigenvalue weighted by Gasteiger charge is -2.41. The van der Waals surface area contributed by atoms with E-state index in [0.29, 0.717) is 5.57 Å². The Labute approximate surface area is 103 Å². The van der Waals surface area contributed by atoms with Gasteiger partial charge in [-0.2, -0.15) is 0 Å². The lowest BCUT2D eigenvalue weighted by molar-refractivity contribution is -0.312. The van der Waals surface area contributed by atoms with Crippen molar-refractivity contribution in [1.29, 1.82) is 0 Å². The van der Waals surface area contributed by atoms with Crippen LogP contribution in [0, 0.1) is 0 Å². The van der Waals surface area contributed by atoms with Crippen LogP contribution in [0.4, 0.5) is 0 Å². The van der Waals surface area contributed by atoms with Crippen molar-refractivity contribution in [2.45, 2.75) is 36.9 Å². The van der Waals surface area contributed by atoms with Gasteiger partial charge in [0.1, 0.15) is 5.37 Å². The quantitative estimate of drug-likeness (QED) is 0.481. The van der Waals surface area contributed by atoms with E-state index in [1.807, 2.05) is 0 Å². The summed E-state index contributed by atoms with van der Waals surface area (Å²) in [6, 6.07) is -0.936. The zero-order chi connectivity index (χ0) is 13.0. The number of thioether (sulfide) groups is 1. The number of carbonyl (C=O) groups is 3. The van der Waals surface area contributed by atoms with Crippen LogP contribution in [0.1, 0.15) is 20.8 Å². The van der Waals surface area contributed by atoms with Gasteiger partial charge in [0.05, 0.1) is 17.6 Å². The highest BCUT2D eigenvalue weighted by Crippen LogP contribution is 2.52. The highest BCUT2D eigenvalue weighted by Gasteiger charge is 2.59. The first-order chi connectivity index (χ1) is 7.75. The zero-order valence-corrected chi connectivity index (χ0v) is 10.5. The Hall–Kier alpha value is -1.30. The predicted octanol–water partition coefficient (Wildman–Crippen LogP) is -0.686. The van der Waals surface area contributed by atoms with E-state index in [1.165, 1.54) is 29.7 Å². The van der Waals surface area contributed by atoms with Gasteiger partial charge in [0.25, 0.3) is 5.91 Å². The van der Waals surface area contributed by atoms with Crippen LogP contribution in [0.5, 0.6) is 0 Å². The number of amides is 1. The van der Waals surface area contributed by atoms with Gasteiger partial charge >= 0.3 is 0 Å². The minimum Gasteiger partial charge on any atom is -0.548 e. The third-order valence-corrected chi connectivity index (χ3v) is 4.47. The molecule has 0 bridgehead atoms. The maximum Gasteiger partial charge on any atom is 0.254 e. The van der Waals surface area contributed by atoms with Crippen LogP contribution in [-0.4, -0.2) is 38.7 Å². The fourth-order valence-corrected chi connectivity index (χ4v) is 3.80. The molecule has 0 aliphatic carbocycles. The first-order valence-corrected chi connectivity index (χ1v) is 6.07. The first kappa shape index (κ1) is 12.2. The number of aliphatic carboxylic acids is 1. The van der Waals surface area contributed by atoms with Crippen LogP contribution in [0.2, 0.25) is 0 Å². The molecule has 0 N–H and O–H groups in total. The molecule has 2 atom stereocenters. The lowest BCUT2D eigenvalue weighted by atomic mass is 9.95. The number of carboxylic acids is 1. The number of rotatable bonds is 2. The smallest absolute Gasteiger partial charge is 0.254 e. The van der Waals surface area contributed by atoms with Crippen molar-refractivity contribution in [3.05, 3.63) is 11.6 Å². The summed E-state index contributed by atoms with van der Waals surface area (Å²) in [5.74, 6) is -1.83. The Morgan fingerprint density at radius 3 is 2.53 bits per heavy atom. The molecule has 2 aliphatic rings. The average Bonchev–Trinajstić information content (AvgIpc) is 2.43. The third-order valence-electron chi connectivity index (χ3n) is 2.93. The van der Waals surface area contributed by atoms with Crippen molar-refractivity contribution >= 4 is 29.4 Å². The molecule has 2 saturated heterocycles. The van der Waals surface area contributed by atoms with E-state index in [1.54, 1.807) is 13.8 Å². The first-order valence-electron chi connectivity index (χ1n) is 5.19. The fraction of sp³-hybridized carbons (Fsp3) is 0.545. The van der Waals surface area contributed by atoms with Crippen molar-refractivity contribution in [1.82, 2.24) is 4.90 Å². The Kier molecular flexibility index (Phi) is 2.57. The molecule has 6 heteroatoms. The van der Waals surface area contributed by atoms with Crippen molar-refractivity contribution < 1.29 is 19.5 Å². The maximum absolute atomic E-state index is 11.8. The molecule has 0 spiro atoms. The second-order valence-corrected chi connectivity index (χ2v) is 6.45. The van der Waals surface area contributed by atoms with Crippen molar-refractivity contribution in [2.24, 2.45) is 0 Å². The van der Waals surface area contributed by atoms with Crippen LogP contribution in [-0.2, 0) is 14.4 Å². The summed E-state index contributed by atoms with van der Waals surface area (Å²) in [5.41, 5.74) is 0.388. The van der Waals surface area contributed by atoms with E-state index in [0.717, 1.165) is 0 Å². The molecular weight excluding hydrogens is 242 g/mol. The SMILES string of the molecule is CC(=O)/C=C1\C(=O)N2[C@@H]1SC(C)(C)[C@@H]2C(=O)[O-]. The van der Waals surface area contributed by atoms with Gasteiger partial charge in [0.15, 0.2) is 5.78 Å². The van der Waals surface area contributed by atoms with Gasteiger partial charge in [0.2, 0.25) is 0 Å². The Bertz CT molecular complexity index is 454. The molecule has 0 unspecified atom stereocenters. The van der Waals surface area contributed by atoms with E-state index >= 15 is 0 Å². The molecule has 0 aromatic carbocycles. The fourth-order valence-electron chi connectivity index (χ4n) is 2.25. The highest BCUT2D eigenvalue weighted by atomic mass is 32.2. The van der Waals surface area contributed by atoms with Crippen molar-refractivity contribution in [2.75, 3.05) is 0 Å². The molecule has 1 amide bonds. The van der Waals surface area contributed by atoms with Crippen LogP contribution in [0.15, 0.2) is 11.6 Å². The van der Waals surface area contributed by atoms with E-state index in [-0.39, 0.29) is 17.1 Å². The largest absolute Gasteiger partial charge is 0.548 e. The van der Waals surface area contributed by atoms with Crippen molar-refractivity contribution in [3.63, 3.8) is 0 Å². The molecule has 92 valence electrons. The third kappa shape index (κ3) is 1.67. The van der Waals surface area contributed by atoms with Gasteiger partial charge < -0.3 is 14.8 Å². The monoisotopic (exact) mass is 254 g/mol. The molecule has 0 aromatic heterocycles. The second-order valence-electron chi connectivity index (χ2n) is 4.72. The maximum atomic E-state index is 11.8. The molecule has 17 heavy (non-hydrogen) atoms. The Morgan fingerprint density at radius 2 is 2.06 bits per heavy atom. The van der Waals surface area contributed by atoms with Crippen molar-refractivity contribution in [3.8, 4) is 0 Å². The normalized spacial score (nSPS) is 32.3. The number of hydrogen-bond acceptors (Lipinski definition) is 5. The number of carboxylic acid groups (broad SMARTS) is 1. The van der Waals surface area contributed by atoms with Gasteiger partial charge in [-0.1, -0.05) is 0 Å². The summed E-state index contributed by atoms with van der Waals surface area (Å²) in [6.07, 6.45) is 1.28. The predicted molar refractivity (Wildman–Crippen MR) is 59.9 cm³/mol. The molecule has 2 heterocycles. The number of hydrogen-bond donors (Lipinski definition) is 0. The molecule has 0 radical (unpaired) electrons.